The summed E-state index contributed by atoms with van der Waals surface area (Å²) in [6.45, 7) is 0. The van der Waals surface area contributed by atoms with Crippen LogP contribution in [0.4, 0.5) is 0 Å². The molecule has 0 aromatic carbocycles. The summed E-state index contributed by atoms with van der Waals surface area (Å²) in [6.07, 6.45) is 3.24. The predicted octanol–water partition coefficient (Wildman–Crippen LogP) is 0.893. The number of aromatic amines is 1. The van der Waals surface area contributed by atoms with Crippen molar-refractivity contribution in [2.24, 2.45) is 0 Å². The van der Waals surface area contributed by atoms with Crippen LogP contribution in [0.1, 0.15) is 0 Å². The molecule has 1 N–H and O–H groups in total. The van der Waals surface area contributed by atoms with E-state index in [-0.39, 0.29) is 5.69 Å². The Morgan fingerprint density at radius 2 is 2.42 bits per heavy atom. The van der Waals surface area contributed by atoms with Gasteiger partial charge in [0.1, 0.15) is 10.7 Å². The van der Waals surface area contributed by atoms with Crippen LogP contribution in [0.5, 0.6) is 0 Å². The van der Waals surface area contributed by atoms with Gasteiger partial charge in [-0.15, -0.1) is 11.3 Å². The summed E-state index contributed by atoms with van der Waals surface area (Å²) >= 11 is 1.46. The summed E-state index contributed by atoms with van der Waals surface area (Å²) in [4.78, 5) is 21.0. The van der Waals surface area contributed by atoms with Gasteiger partial charge in [0.25, 0.3) is 0 Å². The Kier molecular flexibility index (Phi) is 1.71. The highest BCUT2D eigenvalue weighted by Gasteiger charge is 2.00. The maximum Gasteiger partial charge on any atom is 0.345 e. The molecule has 2 rings (SSSR count). The fraction of sp³-hybridized carbons (Fsp3) is 0. The van der Waals surface area contributed by atoms with Gasteiger partial charge in [0, 0.05) is 17.8 Å². The minimum Gasteiger partial charge on any atom is -0.313 e. The average Bonchev–Trinajstić information content (AvgIpc) is 2.56. The van der Waals surface area contributed by atoms with Crippen molar-refractivity contribution >= 4 is 11.3 Å². The summed E-state index contributed by atoms with van der Waals surface area (Å²) in [5.74, 6) is 0. The van der Waals surface area contributed by atoms with Crippen molar-refractivity contribution in [1.29, 1.82) is 0 Å². The lowest BCUT2D eigenvalue weighted by Gasteiger charge is -1.90. The van der Waals surface area contributed by atoms with Gasteiger partial charge < -0.3 is 4.98 Å². The third-order valence-electron chi connectivity index (χ3n) is 1.32. The van der Waals surface area contributed by atoms with Gasteiger partial charge in [-0.25, -0.2) is 9.78 Å². The van der Waals surface area contributed by atoms with Crippen LogP contribution in [0.15, 0.2) is 28.6 Å². The number of rotatable bonds is 1. The molecule has 2 aromatic rings. The first-order valence-corrected chi connectivity index (χ1v) is 4.20. The second kappa shape index (κ2) is 2.86. The number of thiazole rings is 1. The number of nitrogens with zero attached hydrogens (tertiary/aromatic N) is 2. The first-order valence-electron chi connectivity index (χ1n) is 3.32. The van der Waals surface area contributed by atoms with E-state index in [1.165, 1.54) is 11.3 Å². The minimum atomic E-state index is -0.345. The summed E-state index contributed by atoms with van der Waals surface area (Å²) in [6, 6.07) is 1.72. The molecule has 0 unspecified atom stereocenters. The molecule has 2 aromatic heterocycles. The smallest absolute Gasteiger partial charge is 0.313 e. The molecule has 0 fully saturated rings. The van der Waals surface area contributed by atoms with E-state index >= 15 is 0 Å². The first kappa shape index (κ1) is 7.17. The van der Waals surface area contributed by atoms with Crippen LogP contribution in [-0.2, 0) is 0 Å². The van der Waals surface area contributed by atoms with Gasteiger partial charge in [0.05, 0.1) is 0 Å². The van der Waals surface area contributed by atoms with Crippen molar-refractivity contribution in [3.63, 3.8) is 0 Å². The highest BCUT2D eigenvalue weighted by Crippen LogP contribution is 2.16. The molecule has 5 heteroatoms. The Morgan fingerprint density at radius 1 is 1.50 bits per heavy atom. The minimum absolute atomic E-state index is 0.345. The highest BCUT2D eigenvalue weighted by molar-refractivity contribution is 7.13. The zero-order valence-corrected chi connectivity index (χ0v) is 6.84. The van der Waals surface area contributed by atoms with E-state index in [0.29, 0.717) is 5.69 Å². The van der Waals surface area contributed by atoms with Crippen LogP contribution in [0.25, 0.3) is 10.7 Å². The number of aromatic nitrogens is 3. The third-order valence-corrected chi connectivity index (χ3v) is 2.12. The molecule has 0 atom stereocenters. The van der Waals surface area contributed by atoms with Crippen molar-refractivity contribution in [3.05, 3.63) is 34.3 Å². The second-order valence-corrected chi connectivity index (χ2v) is 3.01. The lowest BCUT2D eigenvalue weighted by molar-refractivity contribution is 1.08. The number of nitrogens with one attached hydrogen (secondary N) is 1. The Labute approximate surface area is 71.9 Å². The van der Waals surface area contributed by atoms with Crippen LogP contribution in [0.2, 0.25) is 0 Å². The molecule has 0 radical (unpaired) electrons. The van der Waals surface area contributed by atoms with Crippen LogP contribution in [0, 0.1) is 0 Å². The molecule has 0 aliphatic carbocycles. The first-order chi connectivity index (χ1) is 5.86. The average molecular weight is 179 g/mol. The van der Waals surface area contributed by atoms with Gasteiger partial charge in [-0.1, -0.05) is 0 Å². The van der Waals surface area contributed by atoms with E-state index in [1.807, 2.05) is 5.38 Å². The van der Waals surface area contributed by atoms with Crippen molar-refractivity contribution in [2.45, 2.75) is 0 Å². The van der Waals surface area contributed by atoms with Crippen LogP contribution < -0.4 is 5.69 Å². The third kappa shape index (κ3) is 1.26. The Balaban J connectivity index is 2.55. The van der Waals surface area contributed by atoms with Gasteiger partial charge >= 0.3 is 5.69 Å². The Morgan fingerprint density at radius 3 is 3.08 bits per heavy atom. The molecule has 0 amide bonds. The molecule has 4 nitrogen and oxygen atoms in total. The van der Waals surface area contributed by atoms with E-state index in [4.69, 9.17) is 0 Å². The fourth-order valence-electron chi connectivity index (χ4n) is 0.840. The van der Waals surface area contributed by atoms with E-state index in [1.54, 1.807) is 18.5 Å². The molecule has 0 saturated heterocycles. The second-order valence-electron chi connectivity index (χ2n) is 2.12. The molecule has 0 spiro atoms. The van der Waals surface area contributed by atoms with E-state index in [9.17, 15) is 4.79 Å². The molecule has 0 aliphatic heterocycles. The monoisotopic (exact) mass is 179 g/mol. The maximum atomic E-state index is 10.8. The van der Waals surface area contributed by atoms with E-state index in [2.05, 4.69) is 15.0 Å². The van der Waals surface area contributed by atoms with Crippen molar-refractivity contribution in [2.75, 3.05) is 0 Å². The highest BCUT2D eigenvalue weighted by atomic mass is 32.1. The molecule has 12 heavy (non-hydrogen) atoms. The van der Waals surface area contributed by atoms with Gasteiger partial charge in [-0.3, -0.25) is 0 Å². The van der Waals surface area contributed by atoms with E-state index < -0.39 is 0 Å². The quantitative estimate of drug-likeness (QED) is 0.707. The molecular formula is C7H5N3OS. The Hall–Kier alpha value is -1.49. The Bertz CT molecular complexity index is 420. The lowest BCUT2D eigenvalue weighted by Crippen LogP contribution is -2.08. The molecule has 60 valence electrons. The van der Waals surface area contributed by atoms with Gasteiger partial charge in [-0.2, -0.15) is 4.98 Å². The van der Waals surface area contributed by atoms with Crippen LogP contribution >= 0.6 is 11.3 Å². The largest absolute Gasteiger partial charge is 0.345 e. The number of hydrogen-bond acceptors (Lipinski definition) is 4. The van der Waals surface area contributed by atoms with Gasteiger partial charge in [0.2, 0.25) is 0 Å². The zero-order valence-electron chi connectivity index (χ0n) is 6.02. The molecular weight excluding hydrogens is 174 g/mol. The van der Waals surface area contributed by atoms with Crippen LogP contribution in [-0.4, -0.2) is 15.0 Å². The number of H-pyrrole nitrogens is 1. The van der Waals surface area contributed by atoms with Gasteiger partial charge in [-0.05, 0) is 6.07 Å². The molecule has 0 saturated carbocycles. The van der Waals surface area contributed by atoms with Gasteiger partial charge in [0.15, 0.2) is 0 Å². The normalized spacial score (nSPS) is 10.0. The van der Waals surface area contributed by atoms with E-state index in [0.717, 1.165) is 5.01 Å². The molecule has 0 aliphatic rings. The summed E-state index contributed by atoms with van der Waals surface area (Å²) in [5.41, 5.74) is 0.274. The summed E-state index contributed by atoms with van der Waals surface area (Å²) < 4.78 is 0. The predicted molar refractivity (Wildman–Crippen MR) is 46.0 cm³/mol. The van der Waals surface area contributed by atoms with Crippen molar-refractivity contribution in [1.82, 2.24) is 15.0 Å². The zero-order chi connectivity index (χ0) is 8.39. The molecule has 2 heterocycles. The summed E-state index contributed by atoms with van der Waals surface area (Å²) in [5, 5.41) is 2.61. The fourth-order valence-corrected chi connectivity index (χ4v) is 1.45. The molecule has 0 bridgehead atoms. The lowest BCUT2D eigenvalue weighted by atomic mass is 10.4. The number of hydrogen-bond donors (Lipinski definition) is 1. The maximum absolute atomic E-state index is 10.8. The van der Waals surface area contributed by atoms with Crippen LogP contribution in [0.3, 0.4) is 0 Å². The topological polar surface area (TPSA) is 58.6 Å². The standard InChI is InChI=1S/C7H5N3OS/c11-7-9-2-1-5(10-7)6-8-3-4-12-6/h1-4H,(H,9,10,11). The van der Waals surface area contributed by atoms with Crippen molar-refractivity contribution in [3.8, 4) is 10.7 Å². The summed E-state index contributed by atoms with van der Waals surface area (Å²) in [7, 11) is 0. The SMILES string of the molecule is O=c1nc(-c2nccs2)cc[nH]1. The van der Waals surface area contributed by atoms with Crippen molar-refractivity contribution < 1.29 is 0 Å².